The minimum atomic E-state index is -0.911. The van der Waals surface area contributed by atoms with Crippen LogP contribution >= 0.6 is 34.7 Å². The largest absolute Gasteiger partial charge is 0.507 e. The summed E-state index contributed by atoms with van der Waals surface area (Å²) in [4.78, 5) is 28.8. The summed E-state index contributed by atoms with van der Waals surface area (Å²) in [7, 11) is 0. The summed E-state index contributed by atoms with van der Waals surface area (Å²) in [6.07, 6.45) is 0. The molecule has 1 N–H and O–H groups in total. The molecule has 6 rings (SSSR count). The van der Waals surface area contributed by atoms with Gasteiger partial charge in [-0.05, 0) is 64.9 Å². The van der Waals surface area contributed by atoms with Crippen molar-refractivity contribution in [2.45, 2.75) is 55.9 Å². The van der Waals surface area contributed by atoms with Crippen LogP contribution in [-0.2, 0) is 27.4 Å². The van der Waals surface area contributed by atoms with Gasteiger partial charge in [-0.1, -0.05) is 128 Å². The number of nitrogens with zero attached hydrogens (tertiary/aromatic N) is 3. The molecule has 0 spiro atoms. The molecule has 0 radical (unpaired) electrons. The normalized spacial score (nSPS) is 16.0. The fourth-order valence-corrected chi connectivity index (χ4v) is 7.61. The Balaban J connectivity index is 1.33. The summed E-state index contributed by atoms with van der Waals surface area (Å²) in [6.45, 7) is 8.77. The van der Waals surface area contributed by atoms with Crippen LogP contribution in [0.5, 0.6) is 5.75 Å². The second-order valence-corrected chi connectivity index (χ2v) is 15.2. The molecule has 1 aliphatic rings. The van der Waals surface area contributed by atoms with Gasteiger partial charge in [-0.25, -0.2) is 0 Å². The van der Waals surface area contributed by atoms with Gasteiger partial charge in [0.05, 0.1) is 11.6 Å². The topological polar surface area (TPSA) is 92.6 Å². The number of ether oxygens (including phenoxy) is 1. The van der Waals surface area contributed by atoms with Crippen molar-refractivity contribution in [2.24, 2.45) is 0 Å². The number of aryl methyl sites for hydroxylation is 1. The molecule has 1 atom stereocenters. The third kappa shape index (κ3) is 7.18. The second kappa shape index (κ2) is 14.0. The van der Waals surface area contributed by atoms with Gasteiger partial charge in [0.15, 0.2) is 4.34 Å². The molecule has 0 saturated carbocycles. The molecular formula is C38H34ClN3O4S2. The lowest BCUT2D eigenvalue weighted by molar-refractivity contribution is -0.132. The van der Waals surface area contributed by atoms with E-state index < -0.39 is 17.7 Å². The zero-order chi connectivity index (χ0) is 34.0. The average Bonchev–Trinajstić information content (AvgIpc) is 3.64. The van der Waals surface area contributed by atoms with Gasteiger partial charge >= 0.3 is 5.91 Å². The number of rotatable bonds is 9. The third-order valence-electron chi connectivity index (χ3n) is 8.06. The molecule has 1 saturated heterocycles. The minimum Gasteiger partial charge on any atom is -0.507 e. The number of Topliss-reactive ketones (excluding diaryl/α,β-unsaturated/α-hetero) is 1. The smallest absolute Gasteiger partial charge is 0.301 e. The van der Waals surface area contributed by atoms with Crippen LogP contribution in [0.4, 0.5) is 5.13 Å². The Labute approximate surface area is 293 Å². The number of aliphatic hydroxyl groups excluding tert-OH is 1. The number of thioether (sulfide) groups is 1. The number of amides is 1. The van der Waals surface area contributed by atoms with Crippen LogP contribution < -0.4 is 9.64 Å². The Morgan fingerprint density at radius 3 is 2.38 bits per heavy atom. The van der Waals surface area contributed by atoms with Crippen molar-refractivity contribution in [3.05, 3.63) is 141 Å². The standard InChI is InChI=1S/C38H34ClN3O4S2/c1-23-8-7-9-24(20-23)21-46-29-18-14-26(15-19-29)33(43)31-32(25-12-16-28(17-13-25)38(2,3)4)42(35(45)34(31)44)36-40-41-37(48-36)47-22-27-10-5-6-11-30(27)39/h5-20,32,43H,21-22H2,1-4H3. The van der Waals surface area contributed by atoms with Crippen molar-refractivity contribution in [2.75, 3.05) is 4.90 Å². The highest BCUT2D eigenvalue weighted by atomic mass is 35.5. The fraction of sp³-hybridized carbons (Fsp3) is 0.211. The first-order valence-corrected chi connectivity index (χ1v) is 17.6. The maximum absolute atomic E-state index is 13.7. The second-order valence-electron chi connectivity index (χ2n) is 12.6. The van der Waals surface area contributed by atoms with Crippen LogP contribution in [0.3, 0.4) is 0 Å². The SMILES string of the molecule is Cc1cccc(COc2ccc(C(O)=C3C(=O)C(=O)N(c4nnc(SCc5ccccc5Cl)s4)C3c3ccc(C(C)(C)C)cc3)cc2)c1. The van der Waals surface area contributed by atoms with Crippen molar-refractivity contribution >= 4 is 57.3 Å². The first-order valence-electron chi connectivity index (χ1n) is 15.4. The van der Waals surface area contributed by atoms with Gasteiger partial charge in [-0.2, -0.15) is 0 Å². The lowest BCUT2D eigenvalue weighted by Crippen LogP contribution is -2.29. The van der Waals surface area contributed by atoms with Crippen LogP contribution in [0.1, 0.15) is 60.2 Å². The van der Waals surface area contributed by atoms with E-state index in [9.17, 15) is 14.7 Å². The first-order chi connectivity index (χ1) is 23.0. The van der Waals surface area contributed by atoms with Crippen molar-refractivity contribution in [3.63, 3.8) is 0 Å². The van der Waals surface area contributed by atoms with Crippen LogP contribution in [0.15, 0.2) is 107 Å². The molecule has 1 aliphatic heterocycles. The van der Waals surface area contributed by atoms with Gasteiger partial charge in [-0.3, -0.25) is 14.5 Å². The van der Waals surface area contributed by atoms with Crippen molar-refractivity contribution in [1.29, 1.82) is 0 Å². The van der Waals surface area contributed by atoms with E-state index in [1.54, 1.807) is 24.3 Å². The van der Waals surface area contributed by atoms with Crippen molar-refractivity contribution < 1.29 is 19.4 Å². The monoisotopic (exact) mass is 695 g/mol. The number of benzene rings is 4. The van der Waals surface area contributed by atoms with Crippen LogP contribution in [0, 0.1) is 6.92 Å². The van der Waals surface area contributed by atoms with E-state index in [1.165, 1.54) is 28.0 Å². The van der Waals surface area contributed by atoms with E-state index in [-0.39, 0.29) is 21.9 Å². The van der Waals surface area contributed by atoms with E-state index >= 15 is 0 Å². The van der Waals surface area contributed by atoms with Gasteiger partial charge in [0, 0.05) is 16.3 Å². The maximum atomic E-state index is 13.7. The maximum Gasteiger partial charge on any atom is 0.301 e. The predicted octanol–water partition coefficient (Wildman–Crippen LogP) is 9.30. The number of hydrogen-bond donors (Lipinski definition) is 1. The summed E-state index contributed by atoms with van der Waals surface area (Å²) < 4.78 is 6.58. The van der Waals surface area contributed by atoms with Crippen molar-refractivity contribution in [1.82, 2.24) is 10.2 Å². The Morgan fingerprint density at radius 1 is 0.958 bits per heavy atom. The Kier molecular flexibility index (Phi) is 9.73. The van der Waals surface area contributed by atoms with Crippen LogP contribution in [0.2, 0.25) is 5.02 Å². The number of anilines is 1. The molecule has 1 amide bonds. The quantitative estimate of drug-likeness (QED) is 0.0540. The minimum absolute atomic E-state index is 0.0163. The Morgan fingerprint density at radius 2 is 1.69 bits per heavy atom. The number of aromatic nitrogens is 2. The summed E-state index contributed by atoms with van der Waals surface area (Å²) in [5.41, 5.74) is 5.18. The summed E-state index contributed by atoms with van der Waals surface area (Å²) in [5.74, 6) is -0.673. The average molecular weight is 696 g/mol. The molecule has 5 aromatic rings. The number of carbonyl (C=O) groups is 2. The van der Waals surface area contributed by atoms with E-state index in [2.05, 4.69) is 37.0 Å². The molecule has 1 aromatic heterocycles. The first kappa shape index (κ1) is 33.5. The van der Waals surface area contributed by atoms with Gasteiger partial charge in [-0.15, -0.1) is 10.2 Å². The highest BCUT2D eigenvalue weighted by Gasteiger charge is 2.48. The highest BCUT2D eigenvalue weighted by molar-refractivity contribution is 8.00. The molecule has 0 bridgehead atoms. The number of halogens is 1. The van der Waals surface area contributed by atoms with Gasteiger partial charge in [0.2, 0.25) is 5.13 Å². The zero-order valence-electron chi connectivity index (χ0n) is 26.9. The van der Waals surface area contributed by atoms with Crippen molar-refractivity contribution in [3.8, 4) is 5.75 Å². The molecule has 48 heavy (non-hydrogen) atoms. The summed E-state index contributed by atoms with van der Waals surface area (Å²) in [5, 5.41) is 21.2. The molecule has 2 heterocycles. The molecular weight excluding hydrogens is 662 g/mol. The molecule has 10 heteroatoms. The number of carbonyl (C=O) groups excluding carboxylic acids is 2. The number of aliphatic hydroxyl groups is 1. The van der Waals surface area contributed by atoms with E-state index in [4.69, 9.17) is 16.3 Å². The molecule has 7 nitrogen and oxygen atoms in total. The van der Waals surface area contributed by atoms with Crippen LogP contribution in [0.25, 0.3) is 5.76 Å². The fourth-order valence-electron chi connectivity index (χ4n) is 5.46. The predicted molar refractivity (Wildman–Crippen MR) is 193 cm³/mol. The van der Waals surface area contributed by atoms with Gasteiger partial charge in [0.25, 0.3) is 5.78 Å². The number of hydrogen-bond acceptors (Lipinski definition) is 8. The summed E-state index contributed by atoms with van der Waals surface area (Å²) >= 11 is 9.00. The lowest BCUT2D eigenvalue weighted by atomic mass is 9.85. The number of ketones is 1. The van der Waals surface area contributed by atoms with E-state index in [0.717, 1.165) is 22.3 Å². The highest BCUT2D eigenvalue weighted by Crippen LogP contribution is 2.44. The van der Waals surface area contributed by atoms with Gasteiger partial charge < -0.3 is 9.84 Å². The molecule has 0 aliphatic carbocycles. The molecule has 4 aromatic carbocycles. The molecule has 244 valence electrons. The Hall–Kier alpha value is -4.44. The molecule has 1 fully saturated rings. The molecule has 1 unspecified atom stereocenters. The summed E-state index contributed by atoms with van der Waals surface area (Å²) in [6, 6.07) is 29.3. The van der Waals surface area contributed by atoms with E-state index in [0.29, 0.717) is 38.6 Å². The van der Waals surface area contributed by atoms with Gasteiger partial charge in [0.1, 0.15) is 18.1 Å². The third-order valence-corrected chi connectivity index (χ3v) is 10.5. The Bertz CT molecular complexity index is 2000. The van der Waals surface area contributed by atoms with Crippen LogP contribution in [-0.4, -0.2) is 27.0 Å². The lowest BCUT2D eigenvalue weighted by Gasteiger charge is -2.24. The van der Waals surface area contributed by atoms with E-state index in [1.807, 2.05) is 73.7 Å². The zero-order valence-corrected chi connectivity index (χ0v) is 29.3.